The van der Waals surface area contributed by atoms with Gasteiger partial charge in [-0.15, -0.1) is 0 Å². The van der Waals surface area contributed by atoms with Crippen LogP contribution in [-0.4, -0.2) is 64.2 Å². The Morgan fingerprint density at radius 1 is 1.12 bits per heavy atom. The lowest BCUT2D eigenvalue weighted by atomic mass is 10.00. The van der Waals surface area contributed by atoms with Gasteiger partial charge in [0.2, 0.25) is 5.91 Å². The smallest absolute Gasteiger partial charge is 0.354 e. The van der Waals surface area contributed by atoms with E-state index >= 15 is 8.78 Å². The van der Waals surface area contributed by atoms with Crippen molar-refractivity contribution in [3.8, 4) is 11.4 Å². The fourth-order valence-corrected chi connectivity index (χ4v) is 6.08. The van der Waals surface area contributed by atoms with E-state index in [4.69, 9.17) is 4.74 Å². The van der Waals surface area contributed by atoms with Crippen molar-refractivity contribution in [3.05, 3.63) is 82.2 Å². The van der Waals surface area contributed by atoms with E-state index in [2.05, 4.69) is 16.5 Å². The molecule has 42 heavy (non-hydrogen) atoms. The van der Waals surface area contributed by atoms with E-state index in [9.17, 15) is 9.59 Å². The van der Waals surface area contributed by atoms with Crippen LogP contribution in [0.3, 0.4) is 0 Å². The molecular formula is C31H36F2N6O3. The van der Waals surface area contributed by atoms with Crippen LogP contribution in [0.15, 0.2) is 47.9 Å². The Balaban J connectivity index is 1.71. The van der Waals surface area contributed by atoms with Crippen molar-refractivity contribution < 1.29 is 18.3 Å². The fraction of sp³-hybridized carbons (Fsp3) is 0.419. The van der Waals surface area contributed by atoms with Crippen molar-refractivity contribution in [2.45, 2.75) is 58.7 Å². The van der Waals surface area contributed by atoms with Crippen LogP contribution in [0.4, 0.5) is 20.3 Å². The van der Waals surface area contributed by atoms with E-state index in [0.29, 0.717) is 49.0 Å². The van der Waals surface area contributed by atoms with Gasteiger partial charge in [0.25, 0.3) is 0 Å². The first-order valence-corrected chi connectivity index (χ1v) is 14.1. The third-order valence-electron chi connectivity index (χ3n) is 8.13. The average Bonchev–Trinajstić information content (AvgIpc) is 2.97. The highest BCUT2D eigenvalue weighted by Gasteiger charge is 2.36. The molecular weight excluding hydrogens is 542 g/mol. The molecule has 0 radical (unpaired) electrons. The number of para-hydroxylation sites is 1. The Morgan fingerprint density at radius 2 is 1.86 bits per heavy atom. The lowest BCUT2D eigenvalue weighted by Gasteiger charge is -2.45. The molecule has 1 amide bonds. The summed E-state index contributed by atoms with van der Waals surface area (Å²) < 4.78 is 37.6. The van der Waals surface area contributed by atoms with Crippen molar-refractivity contribution in [2.75, 3.05) is 36.5 Å². The molecule has 0 aliphatic carbocycles. The van der Waals surface area contributed by atoms with Gasteiger partial charge in [-0.1, -0.05) is 26.5 Å². The number of carbonyl (C=O) groups is 1. The summed E-state index contributed by atoms with van der Waals surface area (Å²) in [6.07, 6.45) is 3.11. The van der Waals surface area contributed by atoms with Gasteiger partial charge in [-0.05, 0) is 50.5 Å². The summed E-state index contributed by atoms with van der Waals surface area (Å²) in [4.78, 5) is 41.0. The number of aromatic nitrogens is 3. The van der Waals surface area contributed by atoms with E-state index in [1.165, 1.54) is 36.1 Å². The number of methoxy groups -OCH3 is 1. The highest BCUT2D eigenvalue weighted by Crippen LogP contribution is 2.38. The van der Waals surface area contributed by atoms with Crippen molar-refractivity contribution in [2.24, 2.45) is 0 Å². The number of halogens is 2. The van der Waals surface area contributed by atoms with E-state index in [1.54, 1.807) is 17.0 Å². The van der Waals surface area contributed by atoms with E-state index in [0.717, 1.165) is 5.56 Å². The molecule has 0 unspecified atom stereocenters. The topological polar surface area (TPSA) is 83.8 Å². The Bertz CT molecular complexity index is 1590. The Hall–Kier alpha value is -4.28. The number of amides is 1. The monoisotopic (exact) mass is 578 g/mol. The third-order valence-corrected chi connectivity index (χ3v) is 8.13. The molecule has 5 rings (SSSR count). The molecule has 2 aliphatic heterocycles. The predicted octanol–water partition coefficient (Wildman–Crippen LogP) is 4.21. The average molecular weight is 579 g/mol. The van der Waals surface area contributed by atoms with Crippen LogP contribution in [0.1, 0.15) is 50.6 Å². The van der Waals surface area contributed by atoms with Crippen LogP contribution in [0, 0.1) is 11.6 Å². The Kier molecular flexibility index (Phi) is 8.03. The molecule has 222 valence electrons. The molecule has 0 N–H and O–H groups in total. The number of carbonyl (C=O) groups excluding carboxylic acids is 1. The molecule has 2 aromatic heterocycles. The maximum Gasteiger partial charge on any atom is 0.354 e. The minimum Gasteiger partial charge on any atom is -0.494 e. The third kappa shape index (κ3) is 5.01. The second-order valence-electron chi connectivity index (χ2n) is 11.2. The number of benzene rings is 1. The zero-order valence-electron chi connectivity index (χ0n) is 24.6. The summed E-state index contributed by atoms with van der Waals surface area (Å²) >= 11 is 0. The molecule has 9 nitrogen and oxygen atoms in total. The number of piperazine rings is 1. The molecule has 1 fully saturated rings. The first kappa shape index (κ1) is 29.2. The molecule has 2 aliphatic rings. The molecule has 0 saturated carbocycles. The van der Waals surface area contributed by atoms with E-state index in [1.807, 2.05) is 37.5 Å². The normalized spacial score (nSPS) is 18.7. The zero-order valence-corrected chi connectivity index (χ0v) is 24.6. The van der Waals surface area contributed by atoms with Gasteiger partial charge in [-0.2, -0.15) is 4.98 Å². The van der Waals surface area contributed by atoms with Gasteiger partial charge < -0.3 is 19.4 Å². The van der Waals surface area contributed by atoms with Gasteiger partial charge in [0.15, 0.2) is 5.82 Å². The molecule has 11 heteroatoms. The summed E-state index contributed by atoms with van der Waals surface area (Å²) in [7, 11) is 1.48. The quantitative estimate of drug-likeness (QED) is 0.405. The van der Waals surface area contributed by atoms with E-state index < -0.39 is 17.3 Å². The largest absolute Gasteiger partial charge is 0.494 e. The van der Waals surface area contributed by atoms with Gasteiger partial charge in [-0.3, -0.25) is 14.3 Å². The number of ether oxygens (including phenoxy) is 1. The van der Waals surface area contributed by atoms with Gasteiger partial charge >= 0.3 is 5.69 Å². The zero-order chi connectivity index (χ0) is 30.3. The number of hydrogen-bond acceptors (Lipinski definition) is 7. The van der Waals surface area contributed by atoms with Crippen LogP contribution < -0.4 is 20.2 Å². The minimum atomic E-state index is -0.649. The van der Waals surface area contributed by atoms with Crippen LogP contribution in [0.5, 0.6) is 5.75 Å². The summed E-state index contributed by atoms with van der Waals surface area (Å²) in [6, 6.07) is 5.55. The standard InChI is InChI=1S/C31H36F2N6O3/c1-7-26(40)37-15-20(5)38(16-19(37)4)30-21-12-14-36(28-22(32)9-8-10-25(28)42-6)17-24(21)39(31(41)35-30)29-23(33)11-13-34-27(29)18(2)3/h7-11,13,18-20H,1,12,14-17H2,2-6H3/t19-,20+/m1/s1. The van der Waals surface area contributed by atoms with Crippen molar-refractivity contribution in [3.63, 3.8) is 0 Å². The fourth-order valence-electron chi connectivity index (χ4n) is 6.08. The first-order chi connectivity index (χ1) is 20.1. The number of nitrogens with zero attached hydrogens (tertiary/aromatic N) is 6. The van der Waals surface area contributed by atoms with Gasteiger partial charge in [0.05, 0.1) is 25.0 Å². The van der Waals surface area contributed by atoms with E-state index in [-0.39, 0.29) is 41.8 Å². The number of fused-ring (bicyclic) bond motifs is 1. The molecule has 0 bridgehead atoms. The SMILES string of the molecule is C=CC(=O)N1C[C@H](C)N(c2nc(=O)n(-c3c(F)ccnc3C(C)C)c3c2CCN(c2c(F)cccc2OC)C3)C[C@H]1C. The first-order valence-electron chi connectivity index (χ1n) is 14.1. The maximum absolute atomic E-state index is 15.6. The highest BCUT2D eigenvalue weighted by atomic mass is 19.1. The summed E-state index contributed by atoms with van der Waals surface area (Å²) in [5.41, 5.74) is 1.40. The number of pyridine rings is 1. The van der Waals surface area contributed by atoms with Crippen LogP contribution in [0.25, 0.3) is 5.69 Å². The molecule has 1 saturated heterocycles. The lowest BCUT2D eigenvalue weighted by molar-refractivity contribution is -0.128. The lowest BCUT2D eigenvalue weighted by Crippen LogP contribution is -2.58. The maximum atomic E-state index is 15.6. The minimum absolute atomic E-state index is 0.0537. The summed E-state index contributed by atoms with van der Waals surface area (Å²) in [5, 5.41) is 0. The Labute approximate surface area is 244 Å². The summed E-state index contributed by atoms with van der Waals surface area (Å²) in [5.74, 6) is -0.509. The number of anilines is 2. The predicted molar refractivity (Wildman–Crippen MR) is 158 cm³/mol. The van der Waals surface area contributed by atoms with Crippen molar-refractivity contribution >= 4 is 17.4 Å². The number of rotatable bonds is 6. The highest BCUT2D eigenvalue weighted by molar-refractivity contribution is 5.87. The van der Waals surface area contributed by atoms with Crippen LogP contribution in [0.2, 0.25) is 0 Å². The molecule has 3 aromatic rings. The second-order valence-corrected chi connectivity index (χ2v) is 11.2. The molecule has 2 atom stereocenters. The van der Waals surface area contributed by atoms with Crippen molar-refractivity contribution in [1.82, 2.24) is 19.4 Å². The molecule has 0 spiro atoms. The Morgan fingerprint density at radius 3 is 2.55 bits per heavy atom. The number of hydrogen-bond donors (Lipinski definition) is 0. The van der Waals surface area contributed by atoms with Gasteiger partial charge in [0, 0.05) is 43.5 Å². The summed E-state index contributed by atoms with van der Waals surface area (Å²) in [6.45, 7) is 12.7. The van der Waals surface area contributed by atoms with Crippen LogP contribution in [-0.2, 0) is 17.8 Å². The molecule has 1 aromatic carbocycles. The van der Waals surface area contributed by atoms with Crippen LogP contribution >= 0.6 is 0 Å². The van der Waals surface area contributed by atoms with Crippen molar-refractivity contribution in [1.29, 1.82) is 0 Å². The second kappa shape index (κ2) is 11.5. The molecule has 4 heterocycles. The van der Waals surface area contributed by atoms with Gasteiger partial charge in [-0.25, -0.2) is 13.6 Å². The van der Waals surface area contributed by atoms with Gasteiger partial charge in [0.1, 0.15) is 28.8 Å².